The van der Waals surface area contributed by atoms with Crippen LogP contribution < -0.4 is 5.73 Å². The summed E-state index contributed by atoms with van der Waals surface area (Å²) in [6.45, 7) is 2.17. The molecule has 0 aliphatic carbocycles. The lowest BCUT2D eigenvalue weighted by atomic mass is 9.97. The van der Waals surface area contributed by atoms with Crippen molar-refractivity contribution in [1.82, 2.24) is 9.88 Å². The number of ether oxygens (including phenoxy) is 1. The van der Waals surface area contributed by atoms with E-state index in [1.165, 1.54) is 12.3 Å². The third-order valence-corrected chi connectivity index (χ3v) is 3.57. The SMILES string of the molecule is COCC1CCN(C(=O)c2ccc(C(N)=O)cn2)CC1. The van der Waals surface area contributed by atoms with Crippen molar-refractivity contribution in [3.63, 3.8) is 0 Å². The second kappa shape index (κ2) is 6.47. The zero-order chi connectivity index (χ0) is 14.5. The Hall–Kier alpha value is -1.95. The van der Waals surface area contributed by atoms with E-state index in [0.29, 0.717) is 30.3 Å². The number of likely N-dealkylation sites (tertiary alicyclic amines) is 1. The van der Waals surface area contributed by atoms with Crippen molar-refractivity contribution in [3.8, 4) is 0 Å². The van der Waals surface area contributed by atoms with Gasteiger partial charge in [0.25, 0.3) is 5.91 Å². The van der Waals surface area contributed by atoms with E-state index >= 15 is 0 Å². The Bertz CT molecular complexity index is 479. The van der Waals surface area contributed by atoms with Gasteiger partial charge in [-0.25, -0.2) is 0 Å². The van der Waals surface area contributed by atoms with Gasteiger partial charge in [0.2, 0.25) is 5.91 Å². The van der Waals surface area contributed by atoms with Crippen LogP contribution in [-0.4, -0.2) is 48.5 Å². The fraction of sp³-hybridized carbons (Fsp3) is 0.500. The first-order chi connectivity index (χ1) is 9.61. The summed E-state index contributed by atoms with van der Waals surface area (Å²) < 4.78 is 5.14. The molecule has 108 valence electrons. The fourth-order valence-corrected chi connectivity index (χ4v) is 2.37. The molecule has 0 atom stereocenters. The van der Waals surface area contributed by atoms with Crippen molar-refractivity contribution >= 4 is 11.8 Å². The standard InChI is InChI=1S/C14H19N3O3/c1-20-9-10-4-6-17(7-5-10)14(19)12-3-2-11(8-16-12)13(15)18/h2-3,8,10H,4-7,9H2,1H3,(H2,15,18). The molecule has 1 saturated heterocycles. The minimum atomic E-state index is -0.545. The van der Waals surface area contributed by atoms with Gasteiger partial charge in [-0.1, -0.05) is 0 Å². The maximum absolute atomic E-state index is 12.3. The second-order valence-corrected chi connectivity index (χ2v) is 4.99. The van der Waals surface area contributed by atoms with Crippen molar-refractivity contribution < 1.29 is 14.3 Å². The molecule has 20 heavy (non-hydrogen) atoms. The number of hydrogen-bond acceptors (Lipinski definition) is 4. The number of hydrogen-bond donors (Lipinski definition) is 1. The lowest BCUT2D eigenvalue weighted by Gasteiger charge is -2.31. The van der Waals surface area contributed by atoms with Gasteiger partial charge >= 0.3 is 0 Å². The number of carbonyl (C=O) groups excluding carboxylic acids is 2. The number of methoxy groups -OCH3 is 1. The highest BCUT2D eigenvalue weighted by Crippen LogP contribution is 2.18. The molecule has 0 unspecified atom stereocenters. The molecule has 0 radical (unpaired) electrons. The van der Waals surface area contributed by atoms with Crippen LogP contribution in [0.4, 0.5) is 0 Å². The number of aromatic nitrogens is 1. The van der Waals surface area contributed by atoms with Crippen LogP contribution in [0.2, 0.25) is 0 Å². The molecule has 0 saturated carbocycles. The van der Waals surface area contributed by atoms with Crippen molar-refractivity contribution in [2.45, 2.75) is 12.8 Å². The molecule has 0 aromatic carbocycles. The van der Waals surface area contributed by atoms with Crippen molar-refractivity contribution in [2.75, 3.05) is 26.8 Å². The molecular weight excluding hydrogens is 258 g/mol. The third-order valence-electron chi connectivity index (χ3n) is 3.57. The molecule has 6 nitrogen and oxygen atoms in total. The molecule has 0 spiro atoms. The maximum atomic E-state index is 12.3. The first kappa shape index (κ1) is 14.5. The molecule has 2 amide bonds. The van der Waals surface area contributed by atoms with E-state index in [9.17, 15) is 9.59 Å². The van der Waals surface area contributed by atoms with Gasteiger partial charge in [-0.2, -0.15) is 0 Å². The second-order valence-electron chi connectivity index (χ2n) is 4.99. The Morgan fingerprint density at radius 2 is 2.10 bits per heavy atom. The van der Waals surface area contributed by atoms with Crippen LogP contribution >= 0.6 is 0 Å². The molecular formula is C14H19N3O3. The zero-order valence-electron chi connectivity index (χ0n) is 11.5. The highest BCUT2D eigenvalue weighted by Gasteiger charge is 2.24. The molecule has 1 aliphatic rings. The first-order valence-electron chi connectivity index (χ1n) is 6.66. The quantitative estimate of drug-likeness (QED) is 0.877. The van der Waals surface area contributed by atoms with Gasteiger partial charge in [-0.3, -0.25) is 14.6 Å². The smallest absolute Gasteiger partial charge is 0.272 e. The Morgan fingerprint density at radius 3 is 2.60 bits per heavy atom. The van der Waals surface area contributed by atoms with Gasteiger partial charge < -0.3 is 15.4 Å². The fourth-order valence-electron chi connectivity index (χ4n) is 2.37. The summed E-state index contributed by atoms with van der Waals surface area (Å²) in [4.78, 5) is 29.0. The highest BCUT2D eigenvalue weighted by atomic mass is 16.5. The molecule has 1 aromatic heterocycles. The van der Waals surface area contributed by atoms with Crippen molar-refractivity contribution in [1.29, 1.82) is 0 Å². The molecule has 1 fully saturated rings. The summed E-state index contributed by atoms with van der Waals surface area (Å²) in [5.41, 5.74) is 5.79. The van der Waals surface area contributed by atoms with Crippen molar-refractivity contribution in [2.24, 2.45) is 11.7 Å². The normalized spacial score (nSPS) is 16.1. The number of pyridine rings is 1. The van der Waals surface area contributed by atoms with Crippen LogP contribution in [0.3, 0.4) is 0 Å². The van der Waals surface area contributed by atoms with Crippen LogP contribution in [0.25, 0.3) is 0 Å². The number of primary amides is 1. The number of nitrogens with zero attached hydrogens (tertiary/aromatic N) is 2. The summed E-state index contributed by atoms with van der Waals surface area (Å²) in [7, 11) is 1.70. The summed E-state index contributed by atoms with van der Waals surface area (Å²) in [5.74, 6) is -0.122. The average Bonchev–Trinajstić information content (AvgIpc) is 2.48. The van der Waals surface area contributed by atoms with E-state index in [1.54, 1.807) is 18.1 Å². The highest BCUT2D eigenvalue weighted by molar-refractivity contribution is 5.95. The third kappa shape index (κ3) is 3.33. The number of carbonyl (C=O) groups is 2. The van der Waals surface area contributed by atoms with Crippen LogP contribution in [0.1, 0.15) is 33.7 Å². The van der Waals surface area contributed by atoms with Crippen LogP contribution in [0.5, 0.6) is 0 Å². The van der Waals surface area contributed by atoms with Crippen LogP contribution in [-0.2, 0) is 4.74 Å². The Kier molecular flexibility index (Phi) is 4.68. The molecule has 6 heteroatoms. The molecule has 2 heterocycles. The Balaban J connectivity index is 1.96. The van der Waals surface area contributed by atoms with Crippen LogP contribution in [0, 0.1) is 5.92 Å². The predicted octanol–water partition coefficient (Wildman–Crippen LogP) is 0.679. The zero-order valence-corrected chi connectivity index (χ0v) is 11.5. The number of nitrogens with two attached hydrogens (primary N) is 1. The van der Waals surface area contributed by atoms with Crippen LogP contribution in [0.15, 0.2) is 18.3 Å². The molecule has 1 aliphatic heterocycles. The van der Waals surface area contributed by atoms with Gasteiger partial charge in [-0.05, 0) is 30.9 Å². The molecule has 1 aromatic rings. The van der Waals surface area contributed by atoms with Gasteiger partial charge in [0.15, 0.2) is 0 Å². The maximum Gasteiger partial charge on any atom is 0.272 e. The molecule has 2 N–H and O–H groups in total. The Labute approximate surface area is 117 Å². The van der Waals surface area contributed by atoms with E-state index in [2.05, 4.69) is 4.98 Å². The monoisotopic (exact) mass is 277 g/mol. The van der Waals surface area contributed by atoms with E-state index in [1.807, 2.05) is 0 Å². The summed E-state index contributed by atoms with van der Waals surface area (Å²) in [6.07, 6.45) is 3.23. The summed E-state index contributed by atoms with van der Waals surface area (Å²) >= 11 is 0. The van der Waals surface area contributed by atoms with Gasteiger partial charge in [-0.15, -0.1) is 0 Å². The molecule has 0 bridgehead atoms. The summed E-state index contributed by atoms with van der Waals surface area (Å²) in [6, 6.07) is 3.07. The van der Waals surface area contributed by atoms with E-state index in [4.69, 9.17) is 10.5 Å². The largest absolute Gasteiger partial charge is 0.384 e. The van der Waals surface area contributed by atoms with Gasteiger partial charge in [0.05, 0.1) is 5.56 Å². The minimum absolute atomic E-state index is 0.100. The predicted molar refractivity (Wildman–Crippen MR) is 73.3 cm³/mol. The first-order valence-corrected chi connectivity index (χ1v) is 6.66. The minimum Gasteiger partial charge on any atom is -0.384 e. The van der Waals surface area contributed by atoms with E-state index < -0.39 is 5.91 Å². The summed E-state index contributed by atoms with van der Waals surface area (Å²) in [5, 5.41) is 0. The van der Waals surface area contributed by atoms with Gasteiger partial charge in [0, 0.05) is 33.0 Å². The lowest BCUT2D eigenvalue weighted by Crippen LogP contribution is -2.39. The average molecular weight is 277 g/mol. The van der Waals surface area contributed by atoms with E-state index in [-0.39, 0.29) is 5.91 Å². The topological polar surface area (TPSA) is 85.5 Å². The number of amides is 2. The molecule has 2 rings (SSSR count). The Morgan fingerprint density at radius 1 is 1.40 bits per heavy atom. The lowest BCUT2D eigenvalue weighted by molar-refractivity contribution is 0.0608. The van der Waals surface area contributed by atoms with Crippen molar-refractivity contribution in [3.05, 3.63) is 29.6 Å². The number of piperidine rings is 1. The van der Waals surface area contributed by atoms with E-state index in [0.717, 1.165) is 19.4 Å². The number of rotatable bonds is 4. The van der Waals surface area contributed by atoms with Gasteiger partial charge in [0.1, 0.15) is 5.69 Å².